The number of hydrogen-bond acceptors (Lipinski definition) is 4. The lowest BCUT2D eigenvalue weighted by Gasteiger charge is -2.48. The first-order chi connectivity index (χ1) is 10.1. The molecule has 0 aromatic heterocycles. The molecular formula is C8H15BF6N2O4S2. The van der Waals surface area contributed by atoms with Crippen LogP contribution in [-0.2, 0) is 24.1 Å². The van der Waals surface area contributed by atoms with E-state index < -0.39 is 31.0 Å². The average Bonchev–Trinajstić information content (AvgIpc) is 2.38. The molecule has 0 heterocycles. The van der Waals surface area contributed by atoms with Crippen LogP contribution in [0.1, 0.15) is 20.8 Å². The van der Waals surface area contributed by atoms with Crippen molar-refractivity contribution in [2.45, 2.75) is 31.8 Å². The van der Waals surface area contributed by atoms with Crippen molar-refractivity contribution < 1.29 is 47.5 Å². The van der Waals surface area contributed by atoms with Gasteiger partial charge in [0, 0.05) is 19.6 Å². The summed E-state index contributed by atoms with van der Waals surface area (Å²) >= 11 is 0. The van der Waals surface area contributed by atoms with E-state index in [1.54, 1.807) is 20.8 Å². The SMILES string of the molecule is CC[N+]([B-]OS(=O)(=NS(=O)(=O)C(F)(F)F)C(F)(F)F)(CC)CC. The zero-order chi connectivity index (χ0) is 18.7. The van der Waals surface area contributed by atoms with Gasteiger partial charge in [-0.2, -0.15) is 34.8 Å². The summed E-state index contributed by atoms with van der Waals surface area (Å²) < 4.78 is 113. The minimum absolute atomic E-state index is 0.173. The molecular weight excluding hydrogens is 377 g/mol. The number of nitrogens with zero attached hydrogens (tertiary/aromatic N) is 2. The van der Waals surface area contributed by atoms with E-state index in [1.807, 2.05) is 0 Å². The van der Waals surface area contributed by atoms with E-state index in [9.17, 15) is 39.0 Å². The van der Waals surface area contributed by atoms with Crippen molar-refractivity contribution in [3.63, 3.8) is 0 Å². The Balaban J connectivity index is 5.98. The Bertz CT molecular complexity index is 611. The Morgan fingerprint density at radius 3 is 1.57 bits per heavy atom. The third-order valence-corrected chi connectivity index (χ3v) is 6.15. The third kappa shape index (κ3) is 5.22. The Morgan fingerprint density at radius 2 is 1.30 bits per heavy atom. The van der Waals surface area contributed by atoms with Crippen LogP contribution in [0.2, 0.25) is 0 Å². The second-order valence-corrected chi connectivity index (χ2v) is 7.90. The minimum atomic E-state index is -6.65. The predicted octanol–water partition coefficient (Wildman–Crippen LogP) is 2.17. The molecule has 0 rings (SSSR count). The molecule has 0 N–H and O–H groups in total. The van der Waals surface area contributed by atoms with E-state index in [1.165, 1.54) is 3.77 Å². The van der Waals surface area contributed by atoms with Crippen LogP contribution in [0.25, 0.3) is 0 Å². The Hall–Kier alpha value is -0.535. The fraction of sp³-hybridized carbons (Fsp3) is 1.00. The van der Waals surface area contributed by atoms with Gasteiger partial charge in [0.15, 0.2) is 7.62 Å². The fourth-order valence-electron chi connectivity index (χ4n) is 1.33. The lowest BCUT2D eigenvalue weighted by Crippen LogP contribution is -2.52. The topological polar surface area (TPSA) is 72.8 Å². The van der Waals surface area contributed by atoms with Gasteiger partial charge < -0.3 is 8.49 Å². The summed E-state index contributed by atoms with van der Waals surface area (Å²) in [5.41, 5.74) is -12.1. The van der Waals surface area contributed by atoms with Crippen LogP contribution < -0.4 is 0 Å². The number of alkyl halides is 6. The van der Waals surface area contributed by atoms with Gasteiger partial charge in [-0.05, 0) is 20.8 Å². The van der Waals surface area contributed by atoms with Crippen LogP contribution in [0.4, 0.5) is 26.3 Å². The van der Waals surface area contributed by atoms with E-state index in [2.05, 4.69) is 4.10 Å². The summed E-state index contributed by atoms with van der Waals surface area (Å²) in [6.07, 6.45) is 0. The van der Waals surface area contributed by atoms with Crippen LogP contribution in [-0.4, -0.2) is 55.3 Å². The molecule has 0 aliphatic carbocycles. The molecule has 0 spiro atoms. The minimum Gasteiger partial charge on any atom is -0.536 e. The number of rotatable bonds is 7. The van der Waals surface area contributed by atoms with Gasteiger partial charge in [-0.1, -0.05) is 3.77 Å². The summed E-state index contributed by atoms with van der Waals surface area (Å²) in [6, 6.07) is 0. The first-order valence-corrected chi connectivity index (χ1v) is 9.02. The van der Waals surface area contributed by atoms with E-state index in [4.69, 9.17) is 0 Å². The highest BCUT2D eigenvalue weighted by Crippen LogP contribution is 2.33. The van der Waals surface area contributed by atoms with Gasteiger partial charge in [-0.15, -0.1) is 0 Å². The van der Waals surface area contributed by atoms with Crippen molar-refractivity contribution in [3.05, 3.63) is 0 Å². The van der Waals surface area contributed by atoms with Gasteiger partial charge in [0.05, 0.1) is 0 Å². The molecule has 0 aromatic rings. The molecule has 23 heavy (non-hydrogen) atoms. The summed E-state index contributed by atoms with van der Waals surface area (Å²) in [5, 5.41) is 0. The smallest absolute Gasteiger partial charge is 0.519 e. The van der Waals surface area contributed by atoms with Crippen molar-refractivity contribution in [3.8, 4) is 0 Å². The Morgan fingerprint density at radius 1 is 0.913 bits per heavy atom. The maximum Gasteiger partial charge on any atom is 0.519 e. The quantitative estimate of drug-likeness (QED) is 0.492. The average molecular weight is 392 g/mol. The first-order valence-electron chi connectivity index (χ1n) is 6.14. The predicted molar refractivity (Wildman–Crippen MR) is 70.3 cm³/mol. The van der Waals surface area contributed by atoms with Gasteiger partial charge in [-0.3, -0.25) is 0 Å². The first kappa shape index (κ1) is 22.5. The number of halogens is 6. The maximum absolute atomic E-state index is 12.8. The van der Waals surface area contributed by atoms with Crippen molar-refractivity contribution >= 4 is 27.7 Å². The number of quaternary nitrogens is 1. The molecule has 0 amide bonds. The highest BCUT2D eigenvalue weighted by Gasteiger charge is 2.52. The Kier molecular flexibility index (Phi) is 6.98. The zero-order valence-electron chi connectivity index (χ0n) is 12.3. The molecule has 6 nitrogen and oxygen atoms in total. The number of hydrogen-bond donors (Lipinski definition) is 0. The molecule has 15 heteroatoms. The lowest BCUT2D eigenvalue weighted by atomic mass is 10.1. The lowest BCUT2D eigenvalue weighted by molar-refractivity contribution is -0.821. The van der Waals surface area contributed by atoms with Crippen molar-refractivity contribution in [2.75, 3.05) is 19.6 Å². The fourth-order valence-corrected chi connectivity index (χ4v) is 3.59. The standard InChI is InChI=1S/C8H15BF6N2O4S2/c1-4-17(5-2,6-3)9-21-23(20,8(13,14)15)16-22(18,19)7(10,11)12/h4-6H2,1-3H3. The van der Waals surface area contributed by atoms with Crippen LogP contribution >= 0.6 is 0 Å². The molecule has 0 fully saturated rings. The van der Waals surface area contributed by atoms with E-state index in [0.717, 1.165) is 0 Å². The highest BCUT2D eigenvalue weighted by atomic mass is 32.3. The Labute approximate surface area is 131 Å². The second-order valence-electron chi connectivity index (χ2n) is 4.29. The summed E-state index contributed by atoms with van der Waals surface area (Å²) in [7, 11) is -12.4. The highest BCUT2D eigenvalue weighted by molar-refractivity contribution is 8.02. The normalized spacial score (nSPS) is 16.9. The largest absolute Gasteiger partial charge is 0.536 e. The molecule has 0 saturated heterocycles. The molecule has 0 saturated carbocycles. The van der Waals surface area contributed by atoms with Gasteiger partial charge in [0.2, 0.25) is 10.0 Å². The summed E-state index contributed by atoms with van der Waals surface area (Å²) in [6.45, 7) is 5.16. The molecule has 1 atom stereocenters. The van der Waals surface area contributed by atoms with Crippen LogP contribution in [0, 0.1) is 0 Å². The van der Waals surface area contributed by atoms with Crippen LogP contribution in [0.5, 0.6) is 0 Å². The molecule has 2 radical (unpaired) electrons. The molecule has 1 unspecified atom stereocenters. The molecule has 0 aromatic carbocycles. The third-order valence-electron chi connectivity index (χ3n) is 3.07. The van der Waals surface area contributed by atoms with Gasteiger partial charge in [0.1, 0.15) is 0 Å². The van der Waals surface area contributed by atoms with Gasteiger partial charge >= 0.3 is 21.0 Å². The maximum atomic E-state index is 12.8. The molecule has 0 bridgehead atoms. The monoisotopic (exact) mass is 392 g/mol. The van der Waals surface area contributed by atoms with E-state index in [0.29, 0.717) is 7.62 Å². The van der Waals surface area contributed by atoms with Gasteiger partial charge in [-0.25, -0.2) is 4.21 Å². The van der Waals surface area contributed by atoms with Crippen molar-refractivity contribution in [1.82, 2.24) is 0 Å². The van der Waals surface area contributed by atoms with Crippen molar-refractivity contribution in [2.24, 2.45) is 3.77 Å². The van der Waals surface area contributed by atoms with Gasteiger partial charge in [0.25, 0.3) is 0 Å². The van der Waals surface area contributed by atoms with Crippen LogP contribution in [0.15, 0.2) is 3.77 Å². The van der Waals surface area contributed by atoms with E-state index >= 15 is 0 Å². The molecule has 0 aliphatic heterocycles. The second kappa shape index (κ2) is 7.15. The summed E-state index contributed by atoms with van der Waals surface area (Å²) in [4.78, 5) is 0. The molecule has 138 valence electrons. The number of sulfonamides is 1. The van der Waals surface area contributed by atoms with Crippen LogP contribution in [0.3, 0.4) is 0 Å². The zero-order valence-corrected chi connectivity index (χ0v) is 13.9. The molecule has 0 aliphatic rings. The summed E-state index contributed by atoms with van der Waals surface area (Å²) in [5.74, 6) is 0. The van der Waals surface area contributed by atoms with E-state index in [-0.39, 0.29) is 24.0 Å². The van der Waals surface area contributed by atoms with Crippen molar-refractivity contribution in [1.29, 1.82) is 0 Å².